The number of hydrogen-bond donors (Lipinski definition) is 2. The lowest BCUT2D eigenvalue weighted by molar-refractivity contribution is 0.460. The van der Waals surface area contributed by atoms with Gasteiger partial charge in [-0.1, -0.05) is 18.2 Å². The monoisotopic (exact) mass is 244 g/mol. The Kier molecular flexibility index (Phi) is 4.42. The van der Waals surface area contributed by atoms with Crippen molar-refractivity contribution in [1.82, 2.24) is 5.32 Å². The summed E-state index contributed by atoms with van der Waals surface area (Å²) in [7, 11) is 0. The van der Waals surface area contributed by atoms with Gasteiger partial charge in [0.25, 0.3) is 0 Å². The highest BCUT2D eigenvalue weighted by atomic mass is 16.3. The molecule has 1 aromatic carbocycles. The van der Waals surface area contributed by atoms with Crippen molar-refractivity contribution in [3.8, 4) is 0 Å². The summed E-state index contributed by atoms with van der Waals surface area (Å²) in [6, 6.07) is 12.3. The van der Waals surface area contributed by atoms with Crippen LogP contribution < -0.4 is 11.1 Å². The van der Waals surface area contributed by atoms with Gasteiger partial charge in [-0.25, -0.2) is 0 Å². The third kappa shape index (κ3) is 3.64. The van der Waals surface area contributed by atoms with E-state index >= 15 is 0 Å². The highest BCUT2D eigenvalue weighted by molar-refractivity contribution is 5.46. The Morgan fingerprint density at radius 2 is 2.06 bits per heavy atom. The molecule has 0 bridgehead atoms. The fourth-order valence-electron chi connectivity index (χ4n) is 1.90. The van der Waals surface area contributed by atoms with E-state index in [1.54, 1.807) is 6.26 Å². The molecule has 2 aromatic rings. The predicted octanol–water partition coefficient (Wildman–Crippen LogP) is 2.97. The number of benzene rings is 1. The van der Waals surface area contributed by atoms with Crippen LogP contribution in [0.5, 0.6) is 0 Å². The van der Waals surface area contributed by atoms with Crippen molar-refractivity contribution in [1.29, 1.82) is 0 Å². The SMILES string of the molecule is CC(CCc1ccco1)NCc1ccccc1N. The number of anilines is 1. The molecular weight excluding hydrogens is 224 g/mol. The van der Waals surface area contributed by atoms with Gasteiger partial charge in [-0.2, -0.15) is 0 Å². The maximum atomic E-state index is 5.90. The van der Waals surface area contributed by atoms with Gasteiger partial charge < -0.3 is 15.5 Å². The van der Waals surface area contributed by atoms with Crippen LogP contribution in [0.15, 0.2) is 47.1 Å². The minimum absolute atomic E-state index is 0.440. The van der Waals surface area contributed by atoms with Crippen LogP contribution in [0.25, 0.3) is 0 Å². The highest BCUT2D eigenvalue weighted by Gasteiger charge is 2.05. The number of nitrogens with one attached hydrogen (secondary N) is 1. The summed E-state index contributed by atoms with van der Waals surface area (Å²) in [6.07, 6.45) is 3.74. The second-order valence-electron chi connectivity index (χ2n) is 4.60. The maximum absolute atomic E-state index is 5.90. The van der Waals surface area contributed by atoms with Gasteiger partial charge in [-0.15, -0.1) is 0 Å². The molecule has 96 valence electrons. The molecule has 1 atom stereocenters. The molecule has 18 heavy (non-hydrogen) atoms. The lowest BCUT2D eigenvalue weighted by atomic mass is 10.1. The van der Waals surface area contributed by atoms with Crippen molar-refractivity contribution in [2.75, 3.05) is 5.73 Å². The molecule has 0 saturated heterocycles. The van der Waals surface area contributed by atoms with Crippen LogP contribution in [0.1, 0.15) is 24.7 Å². The summed E-state index contributed by atoms with van der Waals surface area (Å²) >= 11 is 0. The number of nitrogen functional groups attached to an aromatic ring is 1. The van der Waals surface area contributed by atoms with E-state index in [-0.39, 0.29) is 0 Å². The topological polar surface area (TPSA) is 51.2 Å². The summed E-state index contributed by atoms with van der Waals surface area (Å²) in [5.74, 6) is 1.04. The standard InChI is InChI=1S/C15H20N2O/c1-12(8-9-14-6-4-10-18-14)17-11-13-5-2-3-7-15(13)16/h2-7,10,12,17H,8-9,11,16H2,1H3. The van der Waals surface area contributed by atoms with E-state index in [9.17, 15) is 0 Å². The van der Waals surface area contributed by atoms with Crippen LogP contribution in [0, 0.1) is 0 Å². The van der Waals surface area contributed by atoms with Crippen LogP contribution in [0.4, 0.5) is 5.69 Å². The van der Waals surface area contributed by atoms with Crippen LogP contribution in [0.2, 0.25) is 0 Å². The van der Waals surface area contributed by atoms with E-state index in [2.05, 4.69) is 18.3 Å². The molecule has 2 rings (SSSR count). The van der Waals surface area contributed by atoms with Crippen molar-refractivity contribution in [2.24, 2.45) is 0 Å². The number of hydrogen-bond acceptors (Lipinski definition) is 3. The van der Waals surface area contributed by atoms with Gasteiger partial charge in [0, 0.05) is 24.7 Å². The normalized spacial score (nSPS) is 12.5. The average Bonchev–Trinajstić information content (AvgIpc) is 2.88. The van der Waals surface area contributed by atoms with Crippen LogP contribution in [-0.4, -0.2) is 6.04 Å². The Morgan fingerprint density at radius 3 is 2.78 bits per heavy atom. The quantitative estimate of drug-likeness (QED) is 0.768. The Balaban J connectivity index is 1.75. The number of furan rings is 1. The second kappa shape index (κ2) is 6.26. The first-order valence-electron chi connectivity index (χ1n) is 6.35. The van der Waals surface area contributed by atoms with Crippen molar-refractivity contribution in [3.05, 3.63) is 54.0 Å². The number of rotatable bonds is 6. The smallest absolute Gasteiger partial charge is 0.103 e. The molecule has 3 nitrogen and oxygen atoms in total. The summed E-state index contributed by atoms with van der Waals surface area (Å²) in [5, 5.41) is 3.48. The van der Waals surface area contributed by atoms with Gasteiger partial charge >= 0.3 is 0 Å². The average molecular weight is 244 g/mol. The lowest BCUT2D eigenvalue weighted by Crippen LogP contribution is -2.26. The van der Waals surface area contributed by atoms with Crippen LogP contribution in [-0.2, 0) is 13.0 Å². The molecule has 0 aliphatic carbocycles. The van der Waals surface area contributed by atoms with E-state index in [4.69, 9.17) is 10.2 Å². The van der Waals surface area contributed by atoms with Crippen LogP contribution in [0.3, 0.4) is 0 Å². The first kappa shape index (κ1) is 12.7. The minimum atomic E-state index is 0.440. The van der Waals surface area contributed by atoms with Gasteiger partial charge in [0.2, 0.25) is 0 Å². The molecule has 1 aromatic heterocycles. The third-order valence-corrected chi connectivity index (χ3v) is 3.10. The van der Waals surface area contributed by atoms with Gasteiger partial charge in [0.1, 0.15) is 5.76 Å². The summed E-state index contributed by atoms with van der Waals surface area (Å²) in [6.45, 7) is 2.99. The van der Waals surface area contributed by atoms with Crippen molar-refractivity contribution in [2.45, 2.75) is 32.4 Å². The Labute approximate surface area is 108 Å². The molecule has 0 spiro atoms. The fourth-order valence-corrected chi connectivity index (χ4v) is 1.90. The number of aryl methyl sites for hydroxylation is 1. The van der Waals surface area contributed by atoms with Gasteiger partial charge in [0.15, 0.2) is 0 Å². The molecule has 0 aliphatic rings. The highest BCUT2D eigenvalue weighted by Crippen LogP contribution is 2.11. The van der Waals surface area contributed by atoms with Crippen molar-refractivity contribution in [3.63, 3.8) is 0 Å². The molecule has 3 N–H and O–H groups in total. The number of nitrogens with two attached hydrogens (primary N) is 1. The zero-order chi connectivity index (χ0) is 12.8. The van der Waals surface area contributed by atoms with Gasteiger partial charge in [-0.3, -0.25) is 0 Å². The van der Waals surface area contributed by atoms with E-state index in [0.717, 1.165) is 36.4 Å². The third-order valence-electron chi connectivity index (χ3n) is 3.10. The molecule has 3 heteroatoms. The Morgan fingerprint density at radius 1 is 1.22 bits per heavy atom. The Hall–Kier alpha value is -1.74. The van der Waals surface area contributed by atoms with E-state index in [0.29, 0.717) is 6.04 Å². The van der Waals surface area contributed by atoms with Crippen LogP contribution >= 0.6 is 0 Å². The molecule has 0 fully saturated rings. The fraction of sp³-hybridized carbons (Fsp3) is 0.333. The van der Waals surface area contributed by atoms with E-state index in [1.807, 2.05) is 30.3 Å². The lowest BCUT2D eigenvalue weighted by Gasteiger charge is -2.14. The largest absolute Gasteiger partial charge is 0.469 e. The van der Waals surface area contributed by atoms with E-state index in [1.165, 1.54) is 0 Å². The molecule has 1 unspecified atom stereocenters. The van der Waals surface area contributed by atoms with Gasteiger partial charge in [-0.05, 0) is 37.1 Å². The zero-order valence-corrected chi connectivity index (χ0v) is 10.7. The van der Waals surface area contributed by atoms with Crippen molar-refractivity contribution >= 4 is 5.69 Å². The predicted molar refractivity (Wildman–Crippen MR) is 74.2 cm³/mol. The molecule has 1 heterocycles. The zero-order valence-electron chi connectivity index (χ0n) is 10.7. The summed E-state index contributed by atoms with van der Waals surface area (Å²) in [5.41, 5.74) is 7.91. The van der Waals surface area contributed by atoms with Gasteiger partial charge in [0.05, 0.1) is 6.26 Å². The molecular formula is C15H20N2O. The Bertz CT molecular complexity index is 465. The first-order valence-corrected chi connectivity index (χ1v) is 6.35. The van der Waals surface area contributed by atoms with E-state index < -0.39 is 0 Å². The minimum Gasteiger partial charge on any atom is -0.469 e. The molecule has 0 saturated carbocycles. The summed E-state index contributed by atoms with van der Waals surface area (Å²) in [4.78, 5) is 0. The van der Waals surface area contributed by atoms with Crippen molar-refractivity contribution < 1.29 is 4.42 Å². The first-order chi connectivity index (χ1) is 8.75. The maximum Gasteiger partial charge on any atom is 0.103 e. The second-order valence-corrected chi connectivity index (χ2v) is 4.60. The molecule has 0 amide bonds. The molecule has 0 radical (unpaired) electrons. The molecule has 0 aliphatic heterocycles. The number of para-hydroxylation sites is 1. The summed E-state index contributed by atoms with van der Waals surface area (Å²) < 4.78 is 5.32.